The number of nitrogens with one attached hydrogen (secondary N) is 1. The molecular weight excluding hydrogens is 226 g/mol. The van der Waals surface area contributed by atoms with Crippen LogP contribution in [0.25, 0.3) is 0 Å². The molecular formula is C14H23N3O. The minimum absolute atomic E-state index is 0.000923. The molecule has 1 rings (SSSR count). The minimum Gasteiger partial charge on any atom is -0.397 e. The van der Waals surface area contributed by atoms with Crippen LogP contribution in [-0.4, -0.2) is 17.4 Å². The van der Waals surface area contributed by atoms with Gasteiger partial charge >= 0.3 is 0 Å². The van der Waals surface area contributed by atoms with E-state index in [0.29, 0.717) is 24.6 Å². The van der Waals surface area contributed by atoms with E-state index >= 15 is 0 Å². The van der Waals surface area contributed by atoms with Crippen molar-refractivity contribution in [3.8, 4) is 0 Å². The van der Waals surface area contributed by atoms with Crippen molar-refractivity contribution in [2.24, 2.45) is 11.3 Å². The number of amides is 1. The maximum absolute atomic E-state index is 11.8. The third kappa shape index (κ3) is 4.35. The van der Waals surface area contributed by atoms with Crippen LogP contribution in [0.4, 0.5) is 5.69 Å². The van der Waals surface area contributed by atoms with E-state index in [4.69, 9.17) is 5.73 Å². The first kappa shape index (κ1) is 14.5. The van der Waals surface area contributed by atoms with Crippen molar-refractivity contribution in [2.45, 2.75) is 34.1 Å². The van der Waals surface area contributed by atoms with Crippen LogP contribution in [0, 0.1) is 11.3 Å². The summed E-state index contributed by atoms with van der Waals surface area (Å²) in [5.41, 5.74) is 7.00. The zero-order valence-corrected chi connectivity index (χ0v) is 11.7. The molecule has 0 radical (unpaired) electrons. The Morgan fingerprint density at radius 2 is 2.11 bits per heavy atom. The number of nitrogens with two attached hydrogens (primary N) is 1. The first-order valence-electron chi connectivity index (χ1n) is 6.28. The Kier molecular flexibility index (Phi) is 4.70. The molecule has 100 valence electrons. The molecule has 18 heavy (non-hydrogen) atoms. The standard InChI is InChI=1S/C14H23N3O/c1-10(2)14(3,4)9-17-13(18)7-12-6-5-11(15)8-16-12/h5-6,8,10H,7,9,15H2,1-4H3,(H,17,18). The highest BCUT2D eigenvalue weighted by Crippen LogP contribution is 2.24. The fourth-order valence-corrected chi connectivity index (χ4v) is 1.30. The van der Waals surface area contributed by atoms with E-state index in [-0.39, 0.29) is 11.3 Å². The summed E-state index contributed by atoms with van der Waals surface area (Å²) in [6.45, 7) is 9.30. The van der Waals surface area contributed by atoms with Crippen molar-refractivity contribution in [3.63, 3.8) is 0 Å². The van der Waals surface area contributed by atoms with Crippen molar-refractivity contribution in [1.29, 1.82) is 0 Å². The van der Waals surface area contributed by atoms with Gasteiger partial charge in [-0.05, 0) is 23.5 Å². The van der Waals surface area contributed by atoms with Crippen molar-refractivity contribution in [2.75, 3.05) is 12.3 Å². The molecule has 0 aliphatic heterocycles. The molecule has 1 amide bonds. The third-order valence-corrected chi connectivity index (χ3v) is 3.49. The van der Waals surface area contributed by atoms with E-state index in [1.807, 2.05) is 0 Å². The Hall–Kier alpha value is -1.58. The van der Waals surface area contributed by atoms with Gasteiger partial charge in [-0.15, -0.1) is 0 Å². The third-order valence-electron chi connectivity index (χ3n) is 3.49. The number of carbonyl (C=O) groups is 1. The van der Waals surface area contributed by atoms with Crippen molar-refractivity contribution in [3.05, 3.63) is 24.0 Å². The summed E-state index contributed by atoms with van der Waals surface area (Å²) in [6, 6.07) is 3.54. The van der Waals surface area contributed by atoms with Gasteiger partial charge in [0, 0.05) is 12.2 Å². The molecule has 0 spiro atoms. The molecule has 0 atom stereocenters. The van der Waals surface area contributed by atoms with Crippen LogP contribution in [0.3, 0.4) is 0 Å². The second kappa shape index (κ2) is 5.85. The zero-order valence-electron chi connectivity index (χ0n) is 11.7. The molecule has 0 bridgehead atoms. The van der Waals surface area contributed by atoms with Gasteiger partial charge in [-0.2, -0.15) is 0 Å². The van der Waals surface area contributed by atoms with Gasteiger partial charge in [0.1, 0.15) is 0 Å². The van der Waals surface area contributed by atoms with Crippen LogP contribution in [0.15, 0.2) is 18.3 Å². The predicted octanol–water partition coefficient (Wildman–Crippen LogP) is 2.00. The molecule has 0 fully saturated rings. The average Bonchev–Trinajstić information content (AvgIpc) is 2.29. The van der Waals surface area contributed by atoms with Crippen molar-refractivity contribution in [1.82, 2.24) is 10.3 Å². The average molecular weight is 249 g/mol. The van der Waals surface area contributed by atoms with Crippen LogP contribution in [0.5, 0.6) is 0 Å². The molecule has 0 saturated carbocycles. The molecule has 3 N–H and O–H groups in total. The highest BCUT2D eigenvalue weighted by atomic mass is 16.1. The van der Waals surface area contributed by atoms with Gasteiger partial charge in [0.25, 0.3) is 0 Å². The molecule has 0 aliphatic rings. The Balaban J connectivity index is 2.45. The molecule has 0 unspecified atom stereocenters. The minimum atomic E-state index is 0.000923. The van der Waals surface area contributed by atoms with E-state index in [1.54, 1.807) is 18.3 Å². The number of hydrogen-bond acceptors (Lipinski definition) is 3. The lowest BCUT2D eigenvalue weighted by molar-refractivity contribution is -0.121. The molecule has 0 aromatic carbocycles. The number of carbonyl (C=O) groups excluding carboxylic acids is 1. The topological polar surface area (TPSA) is 68.0 Å². The van der Waals surface area contributed by atoms with Gasteiger partial charge < -0.3 is 11.1 Å². The molecule has 1 aromatic heterocycles. The molecule has 1 aromatic rings. The summed E-state index contributed by atoms with van der Waals surface area (Å²) in [5, 5.41) is 2.96. The lowest BCUT2D eigenvalue weighted by Crippen LogP contribution is -2.37. The Morgan fingerprint density at radius 3 is 2.61 bits per heavy atom. The Morgan fingerprint density at radius 1 is 1.44 bits per heavy atom. The van der Waals surface area contributed by atoms with E-state index < -0.39 is 0 Å². The van der Waals surface area contributed by atoms with Gasteiger partial charge in [0.05, 0.1) is 18.3 Å². The first-order valence-corrected chi connectivity index (χ1v) is 6.28. The summed E-state index contributed by atoms with van der Waals surface area (Å²) < 4.78 is 0. The van der Waals surface area contributed by atoms with Gasteiger partial charge in [-0.25, -0.2) is 0 Å². The highest BCUT2D eigenvalue weighted by Gasteiger charge is 2.22. The van der Waals surface area contributed by atoms with Crippen LogP contribution < -0.4 is 11.1 Å². The largest absolute Gasteiger partial charge is 0.397 e. The van der Waals surface area contributed by atoms with Crippen molar-refractivity contribution >= 4 is 11.6 Å². The lowest BCUT2D eigenvalue weighted by atomic mass is 9.81. The molecule has 0 aliphatic carbocycles. The van der Waals surface area contributed by atoms with E-state index in [9.17, 15) is 4.79 Å². The number of nitrogens with zero attached hydrogens (tertiary/aromatic N) is 1. The normalized spacial score (nSPS) is 11.6. The number of rotatable bonds is 5. The molecule has 0 saturated heterocycles. The SMILES string of the molecule is CC(C)C(C)(C)CNC(=O)Cc1ccc(N)cn1. The number of anilines is 1. The van der Waals surface area contributed by atoms with Crippen LogP contribution in [0.1, 0.15) is 33.4 Å². The number of hydrogen-bond donors (Lipinski definition) is 2. The van der Waals surface area contributed by atoms with E-state index in [0.717, 1.165) is 5.69 Å². The second-order valence-corrected chi connectivity index (χ2v) is 5.68. The Labute approximate surface area is 109 Å². The van der Waals surface area contributed by atoms with Crippen molar-refractivity contribution < 1.29 is 4.79 Å². The predicted molar refractivity (Wildman–Crippen MR) is 74.0 cm³/mol. The smallest absolute Gasteiger partial charge is 0.226 e. The van der Waals surface area contributed by atoms with E-state index in [1.165, 1.54) is 0 Å². The first-order chi connectivity index (χ1) is 8.31. The summed E-state index contributed by atoms with van der Waals surface area (Å²) in [6.07, 6.45) is 1.87. The maximum Gasteiger partial charge on any atom is 0.226 e. The maximum atomic E-state index is 11.8. The van der Waals surface area contributed by atoms with E-state index in [2.05, 4.69) is 38.0 Å². The summed E-state index contributed by atoms with van der Waals surface area (Å²) >= 11 is 0. The van der Waals surface area contributed by atoms with Crippen LogP contribution in [0.2, 0.25) is 0 Å². The lowest BCUT2D eigenvalue weighted by Gasteiger charge is -2.29. The molecule has 4 nitrogen and oxygen atoms in total. The van der Waals surface area contributed by atoms with Gasteiger partial charge in [0.2, 0.25) is 5.91 Å². The fourth-order valence-electron chi connectivity index (χ4n) is 1.30. The molecule has 4 heteroatoms. The monoisotopic (exact) mass is 249 g/mol. The highest BCUT2D eigenvalue weighted by molar-refractivity contribution is 5.78. The fraction of sp³-hybridized carbons (Fsp3) is 0.571. The zero-order chi connectivity index (χ0) is 13.8. The number of nitrogen functional groups attached to an aromatic ring is 1. The number of pyridine rings is 1. The molecule has 1 heterocycles. The van der Waals surface area contributed by atoms with Gasteiger partial charge in [-0.3, -0.25) is 9.78 Å². The van der Waals surface area contributed by atoms with Gasteiger partial charge in [-0.1, -0.05) is 27.7 Å². The van der Waals surface area contributed by atoms with Gasteiger partial charge in [0.15, 0.2) is 0 Å². The van der Waals surface area contributed by atoms with Crippen LogP contribution in [-0.2, 0) is 11.2 Å². The van der Waals surface area contributed by atoms with Crippen LogP contribution >= 0.6 is 0 Å². The summed E-state index contributed by atoms with van der Waals surface area (Å²) in [4.78, 5) is 15.9. The second-order valence-electron chi connectivity index (χ2n) is 5.68. The summed E-state index contributed by atoms with van der Waals surface area (Å²) in [5.74, 6) is 0.522. The number of aromatic nitrogens is 1. The quantitative estimate of drug-likeness (QED) is 0.838. The Bertz CT molecular complexity index is 396. The summed E-state index contributed by atoms with van der Waals surface area (Å²) in [7, 11) is 0.